The smallest absolute Gasteiger partial charge is 0.351 e. The second kappa shape index (κ2) is 7.42. The highest BCUT2D eigenvalue weighted by atomic mass is 16.6. The lowest BCUT2D eigenvalue weighted by atomic mass is 10.1. The summed E-state index contributed by atoms with van der Waals surface area (Å²) in [5, 5.41) is 0. The van der Waals surface area contributed by atoms with E-state index in [9.17, 15) is 4.79 Å². The summed E-state index contributed by atoms with van der Waals surface area (Å²) in [6.07, 6.45) is 1.70. The summed E-state index contributed by atoms with van der Waals surface area (Å²) in [5.41, 5.74) is 6.02. The third-order valence-corrected chi connectivity index (χ3v) is 3.71. The largest absolute Gasteiger partial charge is 0.383 e. The molecule has 1 unspecified atom stereocenters. The van der Waals surface area contributed by atoms with Crippen molar-refractivity contribution in [3.05, 3.63) is 22.2 Å². The summed E-state index contributed by atoms with van der Waals surface area (Å²) in [4.78, 5) is 15.9. The predicted octanol–water partition coefficient (Wildman–Crippen LogP) is 1.64. The number of nitrogen functional groups attached to an aromatic ring is 1. The van der Waals surface area contributed by atoms with Crippen LogP contribution >= 0.6 is 0 Å². The van der Waals surface area contributed by atoms with Crippen LogP contribution in [0.4, 0.5) is 5.82 Å². The molecule has 0 spiro atoms. The van der Waals surface area contributed by atoms with Gasteiger partial charge in [-0.3, -0.25) is 4.57 Å². The average molecular weight is 325 g/mol. The zero-order valence-electron chi connectivity index (χ0n) is 14.5. The summed E-state index contributed by atoms with van der Waals surface area (Å²) in [6.45, 7) is 10.2. The first kappa shape index (κ1) is 17.9. The van der Waals surface area contributed by atoms with Crippen LogP contribution in [0.15, 0.2) is 11.0 Å². The highest BCUT2D eigenvalue weighted by Crippen LogP contribution is 2.31. The molecule has 130 valence electrons. The van der Waals surface area contributed by atoms with Crippen LogP contribution in [-0.4, -0.2) is 40.6 Å². The number of hydrogen-bond acceptors (Lipinski definition) is 6. The molecule has 1 aliphatic heterocycles. The van der Waals surface area contributed by atoms with Crippen LogP contribution in [0.25, 0.3) is 0 Å². The molecule has 2 rings (SSSR count). The number of rotatable bonds is 6. The van der Waals surface area contributed by atoms with E-state index in [2.05, 4.69) is 4.98 Å². The van der Waals surface area contributed by atoms with Crippen LogP contribution in [0, 0.1) is 6.92 Å². The first-order valence-corrected chi connectivity index (χ1v) is 8.05. The van der Waals surface area contributed by atoms with Gasteiger partial charge >= 0.3 is 5.69 Å². The van der Waals surface area contributed by atoms with E-state index in [-0.39, 0.29) is 30.2 Å². The molecule has 7 nitrogen and oxygen atoms in total. The maximum atomic E-state index is 12.1. The Labute approximate surface area is 136 Å². The number of hydrogen-bond donors (Lipinski definition) is 1. The highest BCUT2D eigenvalue weighted by molar-refractivity contribution is 5.35. The Morgan fingerprint density at radius 2 is 2.09 bits per heavy atom. The highest BCUT2D eigenvalue weighted by Gasteiger charge is 2.38. The van der Waals surface area contributed by atoms with Gasteiger partial charge in [0.25, 0.3) is 0 Å². The number of anilines is 1. The Balaban J connectivity index is 2.18. The molecule has 1 aromatic rings. The van der Waals surface area contributed by atoms with Crippen LogP contribution < -0.4 is 11.4 Å². The van der Waals surface area contributed by atoms with E-state index < -0.39 is 11.9 Å². The molecule has 1 fully saturated rings. The molecule has 2 N–H and O–H groups in total. The van der Waals surface area contributed by atoms with Crippen LogP contribution in [0.5, 0.6) is 0 Å². The SMILES string of the molecule is Cc1cn([C@H]2CC(OC(C)C)[C@@H](COC(C)C)O2)c(=O)nc1N. The minimum absolute atomic E-state index is 0.0758. The van der Waals surface area contributed by atoms with Gasteiger partial charge in [-0.15, -0.1) is 0 Å². The molecule has 2 heterocycles. The summed E-state index contributed by atoms with van der Waals surface area (Å²) in [5.74, 6) is 0.249. The van der Waals surface area contributed by atoms with Gasteiger partial charge in [0, 0.05) is 18.2 Å². The fraction of sp³-hybridized carbons (Fsp3) is 0.750. The van der Waals surface area contributed by atoms with E-state index in [0.29, 0.717) is 13.0 Å². The van der Waals surface area contributed by atoms with Crippen LogP contribution in [-0.2, 0) is 14.2 Å². The number of nitrogens with two attached hydrogens (primary N) is 1. The first-order chi connectivity index (χ1) is 10.8. The van der Waals surface area contributed by atoms with Gasteiger partial charge in [-0.1, -0.05) is 0 Å². The zero-order valence-corrected chi connectivity index (χ0v) is 14.5. The van der Waals surface area contributed by atoms with Gasteiger partial charge in [0.1, 0.15) is 18.1 Å². The fourth-order valence-electron chi connectivity index (χ4n) is 2.59. The van der Waals surface area contributed by atoms with Gasteiger partial charge in [0.05, 0.1) is 24.9 Å². The summed E-state index contributed by atoms with van der Waals surface area (Å²) in [7, 11) is 0. The van der Waals surface area contributed by atoms with Crippen molar-refractivity contribution >= 4 is 5.82 Å². The minimum atomic E-state index is -0.418. The topological polar surface area (TPSA) is 88.6 Å². The van der Waals surface area contributed by atoms with Crippen molar-refractivity contribution in [1.29, 1.82) is 0 Å². The van der Waals surface area contributed by atoms with Crippen molar-refractivity contribution in [2.24, 2.45) is 0 Å². The lowest BCUT2D eigenvalue weighted by Gasteiger charge is -2.21. The maximum absolute atomic E-state index is 12.1. The van der Waals surface area contributed by atoms with Crippen molar-refractivity contribution in [2.75, 3.05) is 12.3 Å². The molecule has 0 aliphatic carbocycles. The standard InChI is InChI=1S/C16H27N3O4/c1-9(2)21-8-13-12(22-10(3)4)6-14(23-13)19-7-11(5)15(17)18-16(19)20/h7,9-10,12-14H,6,8H2,1-5H3,(H2,17,18,20)/t12?,13-,14-/m1/s1. The Hall–Kier alpha value is -1.44. The summed E-state index contributed by atoms with van der Waals surface area (Å²) < 4.78 is 19.1. The number of aryl methyl sites for hydroxylation is 1. The van der Waals surface area contributed by atoms with Crippen molar-refractivity contribution in [3.63, 3.8) is 0 Å². The quantitative estimate of drug-likeness (QED) is 0.855. The molecule has 0 bridgehead atoms. The molecule has 0 aromatic carbocycles. The van der Waals surface area contributed by atoms with Crippen molar-refractivity contribution in [2.45, 2.75) is 71.7 Å². The Kier molecular flexibility index (Phi) is 5.78. The molecule has 3 atom stereocenters. The number of aromatic nitrogens is 2. The van der Waals surface area contributed by atoms with Crippen LogP contribution in [0.1, 0.15) is 45.9 Å². The second-order valence-corrected chi connectivity index (χ2v) is 6.47. The Morgan fingerprint density at radius 3 is 2.70 bits per heavy atom. The summed E-state index contributed by atoms with van der Waals surface area (Å²) in [6, 6.07) is 0. The molecule has 7 heteroatoms. The van der Waals surface area contributed by atoms with Gasteiger partial charge in [0.2, 0.25) is 0 Å². The molecule has 1 saturated heterocycles. The number of nitrogens with zero attached hydrogens (tertiary/aromatic N) is 2. The number of ether oxygens (including phenoxy) is 3. The predicted molar refractivity (Wildman–Crippen MR) is 87.3 cm³/mol. The van der Waals surface area contributed by atoms with Gasteiger partial charge in [-0.25, -0.2) is 4.79 Å². The lowest BCUT2D eigenvalue weighted by Crippen LogP contribution is -2.32. The van der Waals surface area contributed by atoms with Crippen molar-refractivity contribution in [1.82, 2.24) is 9.55 Å². The van der Waals surface area contributed by atoms with Crippen molar-refractivity contribution in [3.8, 4) is 0 Å². The monoisotopic (exact) mass is 325 g/mol. The maximum Gasteiger partial charge on any atom is 0.351 e. The first-order valence-electron chi connectivity index (χ1n) is 8.05. The third kappa shape index (κ3) is 4.53. The molecular weight excluding hydrogens is 298 g/mol. The molecule has 23 heavy (non-hydrogen) atoms. The average Bonchev–Trinajstić information content (AvgIpc) is 2.82. The Bertz CT molecular complexity index is 585. The van der Waals surface area contributed by atoms with E-state index in [1.807, 2.05) is 34.6 Å². The van der Waals surface area contributed by atoms with Gasteiger partial charge in [0.15, 0.2) is 0 Å². The molecule has 1 aromatic heterocycles. The minimum Gasteiger partial charge on any atom is -0.383 e. The van der Waals surface area contributed by atoms with E-state index in [4.69, 9.17) is 19.9 Å². The molecule has 0 amide bonds. The van der Waals surface area contributed by atoms with E-state index >= 15 is 0 Å². The van der Waals surface area contributed by atoms with Gasteiger partial charge in [-0.05, 0) is 34.6 Å². The molecule has 0 radical (unpaired) electrons. The van der Waals surface area contributed by atoms with Gasteiger partial charge in [-0.2, -0.15) is 4.98 Å². The lowest BCUT2D eigenvalue weighted by molar-refractivity contribution is -0.0963. The second-order valence-electron chi connectivity index (χ2n) is 6.47. The zero-order chi connectivity index (χ0) is 17.1. The third-order valence-electron chi connectivity index (χ3n) is 3.71. The Morgan fingerprint density at radius 1 is 1.39 bits per heavy atom. The molecule has 0 saturated carbocycles. The van der Waals surface area contributed by atoms with Crippen molar-refractivity contribution < 1.29 is 14.2 Å². The van der Waals surface area contributed by atoms with Crippen LogP contribution in [0.2, 0.25) is 0 Å². The normalized spacial score (nSPS) is 24.7. The molecular formula is C16H27N3O4. The van der Waals surface area contributed by atoms with E-state index in [1.165, 1.54) is 4.57 Å². The van der Waals surface area contributed by atoms with Gasteiger partial charge < -0.3 is 19.9 Å². The molecule has 1 aliphatic rings. The van der Waals surface area contributed by atoms with E-state index in [0.717, 1.165) is 5.56 Å². The van der Waals surface area contributed by atoms with Crippen LogP contribution in [0.3, 0.4) is 0 Å². The van der Waals surface area contributed by atoms with E-state index in [1.54, 1.807) is 6.20 Å². The fourth-order valence-corrected chi connectivity index (χ4v) is 2.59. The summed E-state index contributed by atoms with van der Waals surface area (Å²) >= 11 is 0.